The fourth-order valence-corrected chi connectivity index (χ4v) is 1.26. The van der Waals surface area contributed by atoms with Gasteiger partial charge in [-0.05, 0) is 12.1 Å². The Morgan fingerprint density at radius 2 is 2.21 bits per heavy atom. The molecule has 1 rings (SSSR count). The molecule has 0 saturated carbocycles. The molecule has 104 valence electrons. The third kappa shape index (κ3) is 5.94. The summed E-state index contributed by atoms with van der Waals surface area (Å²) >= 11 is 0. The molecule has 0 aromatic carbocycles. The number of aromatic nitrogens is 1. The molecule has 2 N–H and O–H groups in total. The van der Waals surface area contributed by atoms with Gasteiger partial charge in [-0.2, -0.15) is 0 Å². The van der Waals surface area contributed by atoms with Crippen molar-refractivity contribution < 1.29 is 24.2 Å². The zero-order valence-electron chi connectivity index (χ0n) is 10.6. The van der Waals surface area contributed by atoms with E-state index in [2.05, 4.69) is 10.3 Å². The van der Waals surface area contributed by atoms with Gasteiger partial charge in [0.25, 0.3) is 0 Å². The van der Waals surface area contributed by atoms with E-state index >= 15 is 0 Å². The Kier molecular flexibility index (Phi) is 6.48. The van der Waals surface area contributed by atoms with E-state index in [4.69, 9.17) is 14.6 Å². The molecule has 0 saturated heterocycles. The molecule has 7 nitrogen and oxygen atoms in total. The van der Waals surface area contributed by atoms with Gasteiger partial charge >= 0.3 is 5.97 Å². The number of hydrogen-bond acceptors (Lipinski definition) is 5. The number of nitrogens with one attached hydrogen (secondary N) is 1. The van der Waals surface area contributed by atoms with Crippen LogP contribution in [0.2, 0.25) is 0 Å². The van der Waals surface area contributed by atoms with Crippen LogP contribution in [-0.4, -0.2) is 48.9 Å². The number of carbonyl (C=O) groups is 2. The van der Waals surface area contributed by atoms with Crippen LogP contribution in [0.4, 0.5) is 0 Å². The Balaban J connectivity index is 2.33. The normalized spacial score (nSPS) is 10.2. The molecule has 0 atom stereocenters. The number of amides is 1. The fourth-order valence-electron chi connectivity index (χ4n) is 1.26. The minimum absolute atomic E-state index is 0.0675. The van der Waals surface area contributed by atoms with Crippen LogP contribution >= 0.6 is 0 Å². The zero-order valence-corrected chi connectivity index (χ0v) is 10.6. The van der Waals surface area contributed by atoms with E-state index in [9.17, 15) is 9.59 Å². The summed E-state index contributed by atoms with van der Waals surface area (Å²) in [7, 11) is 1.55. The topological polar surface area (TPSA) is 97.8 Å². The molecule has 0 unspecified atom stereocenters. The number of carboxylic acids is 1. The number of rotatable bonds is 8. The molecule has 0 fully saturated rings. The van der Waals surface area contributed by atoms with Crippen molar-refractivity contribution in [2.45, 2.75) is 6.54 Å². The summed E-state index contributed by atoms with van der Waals surface area (Å²) < 4.78 is 9.80. The molecular formula is C12H16N2O5. The second-order valence-electron chi connectivity index (χ2n) is 3.66. The molecule has 19 heavy (non-hydrogen) atoms. The van der Waals surface area contributed by atoms with Gasteiger partial charge in [-0.1, -0.05) is 0 Å². The van der Waals surface area contributed by atoms with E-state index in [1.807, 2.05) is 0 Å². The van der Waals surface area contributed by atoms with E-state index in [0.29, 0.717) is 18.9 Å². The maximum atomic E-state index is 11.4. The van der Waals surface area contributed by atoms with Crippen LogP contribution in [0.1, 0.15) is 16.1 Å². The van der Waals surface area contributed by atoms with Crippen LogP contribution < -0.4 is 5.32 Å². The molecule has 7 heteroatoms. The number of aromatic carboxylic acids is 1. The first-order valence-corrected chi connectivity index (χ1v) is 5.65. The monoisotopic (exact) mass is 268 g/mol. The van der Waals surface area contributed by atoms with E-state index in [1.165, 1.54) is 18.3 Å². The van der Waals surface area contributed by atoms with Crippen molar-refractivity contribution in [3.63, 3.8) is 0 Å². The summed E-state index contributed by atoms with van der Waals surface area (Å²) in [6, 6.07) is 2.80. The van der Waals surface area contributed by atoms with Crippen molar-refractivity contribution in [3.8, 4) is 0 Å². The third-order valence-corrected chi connectivity index (χ3v) is 2.20. The van der Waals surface area contributed by atoms with E-state index in [1.54, 1.807) is 7.11 Å². The van der Waals surface area contributed by atoms with Crippen molar-refractivity contribution in [3.05, 3.63) is 29.6 Å². The lowest BCUT2D eigenvalue weighted by Gasteiger charge is -2.06. The largest absolute Gasteiger partial charge is 0.478 e. The highest BCUT2D eigenvalue weighted by Crippen LogP contribution is 2.01. The molecule has 1 aromatic heterocycles. The molecule has 1 amide bonds. The number of methoxy groups -OCH3 is 1. The van der Waals surface area contributed by atoms with Crippen LogP contribution in [-0.2, 0) is 20.8 Å². The molecule has 0 bridgehead atoms. The van der Waals surface area contributed by atoms with Gasteiger partial charge in [-0.3, -0.25) is 9.78 Å². The lowest BCUT2D eigenvalue weighted by atomic mass is 10.2. The van der Waals surface area contributed by atoms with E-state index in [0.717, 1.165) is 0 Å². The highest BCUT2D eigenvalue weighted by molar-refractivity contribution is 5.87. The Bertz CT molecular complexity index is 436. The van der Waals surface area contributed by atoms with Crippen molar-refractivity contribution >= 4 is 11.9 Å². The van der Waals surface area contributed by atoms with Crippen LogP contribution in [0.15, 0.2) is 18.3 Å². The van der Waals surface area contributed by atoms with Gasteiger partial charge in [0.05, 0.1) is 31.0 Å². The summed E-state index contributed by atoms with van der Waals surface area (Å²) in [4.78, 5) is 26.1. The van der Waals surface area contributed by atoms with Crippen molar-refractivity contribution in [1.29, 1.82) is 0 Å². The zero-order chi connectivity index (χ0) is 14.1. The number of ether oxygens (including phenoxy) is 2. The quantitative estimate of drug-likeness (QED) is 0.647. The van der Waals surface area contributed by atoms with Crippen molar-refractivity contribution in [2.75, 3.05) is 26.9 Å². The molecule has 0 spiro atoms. The second kappa shape index (κ2) is 8.17. The smallest absolute Gasteiger partial charge is 0.335 e. The number of nitrogens with zero attached hydrogens (tertiary/aromatic N) is 1. The summed E-state index contributed by atoms with van der Waals surface area (Å²) in [5.74, 6) is -1.32. The minimum atomic E-state index is -1.03. The van der Waals surface area contributed by atoms with E-state index < -0.39 is 5.97 Å². The fraction of sp³-hybridized carbons (Fsp3) is 0.417. The molecule has 0 aliphatic heterocycles. The van der Waals surface area contributed by atoms with Crippen LogP contribution in [0.25, 0.3) is 0 Å². The average Bonchev–Trinajstić information content (AvgIpc) is 2.41. The van der Waals surface area contributed by atoms with E-state index in [-0.39, 0.29) is 24.6 Å². The van der Waals surface area contributed by atoms with Crippen molar-refractivity contribution in [2.24, 2.45) is 0 Å². The maximum absolute atomic E-state index is 11.4. The summed E-state index contributed by atoms with van der Waals surface area (Å²) in [5, 5.41) is 11.4. The first kappa shape index (κ1) is 15.1. The molecule has 0 aliphatic rings. The standard InChI is InChI=1S/C12H16N2O5/c1-18-4-5-19-8-11(15)14-7-10-6-9(12(16)17)2-3-13-10/h2-3,6H,4-5,7-8H2,1H3,(H,14,15)(H,16,17). The van der Waals surface area contributed by atoms with Crippen LogP contribution in [0.3, 0.4) is 0 Å². The van der Waals surface area contributed by atoms with Gasteiger partial charge < -0.3 is 19.9 Å². The predicted octanol–water partition coefficient (Wildman–Crippen LogP) is 0.0590. The van der Waals surface area contributed by atoms with Gasteiger partial charge in [0.15, 0.2) is 0 Å². The number of carbonyl (C=O) groups excluding carboxylic acids is 1. The Hall–Kier alpha value is -1.99. The minimum Gasteiger partial charge on any atom is -0.478 e. The molecular weight excluding hydrogens is 252 g/mol. The first-order valence-electron chi connectivity index (χ1n) is 5.65. The third-order valence-electron chi connectivity index (χ3n) is 2.20. The van der Waals surface area contributed by atoms with Gasteiger partial charge in [-0.25, -0.2) is 4.79 Å². The Morgan fingerprint density at radius 3 is 2.89 bits per heavy atom. The number of hydrogen-bond donors (Lipinski definition) is 2. The molecule has 0 radical (unpaired) electrons. The predicted molar refractivity (Wildman–Crippen MR) is 65.7 cm³/mol. The van der Waals surface area contributed by atoms with Gasteiger partial charge in [0.2, 0.25) is 5.91 Å². The highest BCUT2D eigenvalue weighted by Gasteiger charge is 2.06. The van der Waals surface area contributed by atoms with Gasteiger partial charge in [0.1, 0.15) is 6.61 Å². The van der Waals surface area contributed by atoms with Gasteiger partial charge in [0, 0.05) is 13.3 Å². The van der Waals surface area contributed by atoms with Crippen LogP contribution in [0, 0.1) is 0 Å². The lowest BCUT2D eigenvalue weighted by Crippen LogP contribution is -2.28. The first-order chi connectivity index (χ1) is 9.13. The highest BCUT2D eigenvalue weighted by atomic mass is 16.5. The van der Waals surface area contributed by atoms with Crippen LogP contribution in [0.5, 0.6) is 0 Å². The lowest BCUT2D eigenvalue weighted by molar-refractivity contribution is -0.126. The summed E-state index contributed by atoms with van der Waals surface area (Å²) in [5.41, 5.74) is 0.612. The average molecular weight is 268 g/mol. The Morgan fingerprint density at radius 1 is 1.42 bits per heavy atom. The summed E-state index contributed by atoms with van der Waals surface area (Å²) in [6.07, 6.45) is 1.39. The van der Waals surface area contributed by atoms with Crippen molar-refractivity contribution in [1.82, 2.24) is 10.3 Å². The van der Waals surface area contributed by atoms with Gasteiger partial charge in [-0.15, -0.1) is 0 Å². The summed E-state index contributed by atoms with van der Waals surface area (Å²) in [6.45, 7) is 0.863. The maximum Gasteiger partial charge on any atom is 0.335 e. The molecule has 0 aliphatic carbocycles. The SMILES string of the molecule is COCCOCC(=O)NCc1cc(C(=O)O)ccn1. The Labute approximate surface area is 110 Å². The molecule has 1 aromatic rings. The number of pyridine rings is 1. The molecule has 1 heterocycles. The number of carboxylic acid groups (broad SMARTS) is 1. The second-order valence-corrected chi connectivity index (χ2v) is 3.66.